The second-order valence-electron chi connectivity index (χ2n) is 5.48. The molecule has 0 saturated heterocycles. The van der Waals surface area contributed by atoms with Gasteiger partial charge in [-0.2, -0.15) is 0 Å². The Kier molecular flexibility index (Phi) is 3.16. The standard InChI is InChI=1S/C14H19N3O2/c1-15-8-14(4-5-14)9-16-7-10-2-3-12-11(6-10)17-13(18)19-12/h2-3,6,15-16H,4-5,7-9H2,1H3,(H,17,18). The second kappa shape index (κ2) is 4.83. The number of nitrogens with one attached hydrogen (secondary N) is 3. The molecule has 5 nitrogen and oxygen atoms in total. The fraction of sp³-hybridized carbons (Fsp3) is 0.500. The van der Waals surface area contributed by atoms with Crippen LogP contribution >= 0.6 is 0 Å². The molecule has 0 unspecified atom stereocenters. The van der Waals surface area contributed by atoms with Crippen LogP contribution in [0.2, 0.25) is 0 Å². The molecule has 1 aromatic carbocycles. The van der Waals surface area contributed by atoms with Gasteiger partial charge >= 0.3 is 5.76 Å². The van der Waals surface area contributed by atoms with Gasteiger partial charge in [-0.25, -0.2) is 4.79 Å². The Labute approximate surface area is 111 Å². The van der Waals surface area contributed by atoms with Crippen molar-refractivity contribution in [1.29, 1.82) is 0 Å². The zero-order valence-corrected chi connectivity index (χ0v) is 11.1. The van der Waals surface area contributed by atoms with Crippen LogP contribution in [-0.2, 0) is 6.54 Å². The average Bonchev–Trinajstić information content (AvgIpc) is 3.02. The SMILES string of the molecule is CNCC1(CNCc2ccc3oc(=O)[nH]c3c2)CC1. The van der Waals surface area contributed by atoms with E-state index in [2.05, 4.69) is 15.6 Å². The number of hydrogen-bond donors (Lipinski definition) is 3. The van der Waals surface area contributed by atoms with Gasteiger partial charge in [0.15, 0.2) is 5.58 Å². The predicted octanol–water partition coefficient (Wildman–Crippen LogP) is 1.21. The summed E-state index contributed by atoms with van der Waals surface area (Å²) in [5, 5.41) is 6.75. The average molecular weight is 261 g/mol. The number of H-pyrrole nitrogens is 1. The molecule has 5 heteroatoms. The topological polar surface area (TPSA) is 70.1 Å². The minimum atomic E-state index is -0.397. The number of aromatic amines is 1. The summed E-state index contributed by atoms with van der Waals surface area (Å²) in [4.78, 5) is 13.8. The molecule has 0 spiro atoms. The maximum absolute atomic E-state index is 11.1. The minimum absolute atomic E-state index is 0.397. The zero-order valence-electron chi connectivity index (χ0n) is 11.1. The monoisotopic (exact) mass is 261 g/mol. The van der Waals surface area contributed by atoms with Gasteiger partial charge in [-0.15, -0.1) is 0 Å². The number of benzene rings is 1. The molecule has 1 aliphatic rings. The highest BCUT2D eigenvalue weighted by atomic mass is 16.4. The van der Waals surface area contributed by atoms with Gasteiger partial charge in [0.2, 0.25) is 0 Å². The Hall–Kier alpha value is -1.59. The molecule has 1 aromatic heterocycles. The smallest absolute Gasteiger partial charge is 0.408 e. The van der Waals surface area contributed by atoms with E-state index in [-0.39, 0.29) is 0 Å². The van der Waals surface area contributed by atoms with Gasteiger partial charge in [0, 0.05) is 19.6 Å². The van der Waals surface area contributed by atoms with Crippen LogP contribution in [0.4, 0.5) is 0 Å². The molecule has 19 heavy (non-hydrogen) atoms. The fourth-order valence-corrected chi connectivity index (χ4v) is 2.55. The van der Waals surface area contributed by atoms with Crippen molar-refractivity contribution in [1.82, 2.24) is 15.6 Å². The van der Waals surface area contributed by atoms with E-state index in [4.69, 9.17) is 4.42 Å². The first-order valence-electron chi connectivity index (χ1n) is 6.68. The Balaban J connectivity index is 1.60. The Morgan fingerprint density at radius 2 is 2.21 bits per heavy atom. The van der Waals surface area contributed by atoms with E-state index in [1.807, 2.05) is 25.2 Å². The largest absolute Gasteiger partial charge is 0.417 e. The first-order valence-corrected chi connectivity index (χ1v) is 6.68. The van der Waals surface area contributed by atoms with Gasteiger partial charge in [0.05, 0.1) is 5.52 Å². The molecule has 0 atom stereocenters. The lowest BCUT2D eigenvalue weighted by atomic mass is 10.1. The molecule has 0 aliphatic heterocycles. The van der Waals surface area contributed by atoms with E-state index >= 15 is 0 Å². The Morgan fingerprint density at radius 3 is 2.95 bits per heavy atom. The van der Waals surface area contributed by atoms with Crippen LogP contribution in [0.25, 0.3) is 11.1 Å². The molecular weight excluding hydrogens is 242 g/mol. The summed E-state index contributed by atoms with van der Waals surface area (Å²) < 4.78 is 4.98. The van der Waals surface area contributed by atoms with Crippen molar-refractivity contribution >= 4 is 11.1 Å². The molecule has 1 fully saturated rings. The number of oxazole rings is 1. The summed E-state index contributed by atoms with van der Waals surface area (Å²) in [5.41, 5.74) is 3.00. The molecule has 3 rings (SSSR count). The molecule has 0 radical (unpaired) electrons. The van der Waals surface area contributed by atoms with Crippen molar-refractivity contribution in [2.24, 2.45) is 5.41 Å². The summed E-state index contributed by atoms with van der Waals surface area (Å²) >= 11 is 0. The molecule has 1 saturated carbocycles. The van der Waals surface area contributed by atoms with E-state index in [0.717, 1.165) is 30.7 Å². The van der Waals surface area contributed by atoms with E-state index in [9.17, 15) is 4.79 Å². The van der Waals surface area contributed by atoms with Gasteiger partial charge in [-0.3, -0.25) is 4.98 Å². The lowest BCUT2D eigenvalue weighted by Gasteiger charge is -2.15. The third-order valence-corrected chi connectivity index (χ3v) is 3.82. The van der Waals surface area contributed by atoms with Crippen molar-refractivity contribution in [3.63, 3.8) is 0 Å². The summed E-state index contributed by atoms with van der Waals surface area (Å²) in [5.74, 6) is -0.397. The van der Waals surface area contributed by atoms with Crippen LogP contribution in [0.1, 0.15) is 18.4 Å². The molecule has 0 bridgehead atoms. The van der Waals surface area contributed by atoms with E-state index in [1.54, 1.807) is 0 Å². The molecule has 3 N–H and O–H groups in total. The Morgan fingerprint density at radius 1 is 1.37 bits per heavy atom. The Bertz CT molecular complexity index is 625. The molecule has 0 amide bonds. The van der Waals surface area contributed by atoms with Gasteiger partial charge < -0.3 is 15.1 Å². The van der Waals surface area contributed by atoms with Crippen molar-refractivity contribution in [3.05, 3.63) is 34.3 Å². The molecule has 1 aliphatic carbocycles. The van der Waals surface area contributed by atoms with Gasteiger partial charge in [-0.05, 0) is 43.0 Å². The summed E-state index contributed by atoms with van der Waals surface area (Å²) in [7, 11) is 2.00. The van der Waals surface area contributed by atoms with E-state index < -0.39 is 5.76 Å². The molecular formula is C14H19N3O2. The van der Waals surface area contributed by atoms with Crippen LogP contribution in [-0.4, -0.2) is 25.1 Å². The minimum Gasteiger partial charge on any atom is -0.408 e. The van der Waals surface area contributed by atoms with Crippen LogP contribution in [0.15, 0.2) is 27.4 Å². The lowest BCUT2D eigenvalue weighted by molar-refractivity contribution is 0.438. The van der Waals surface area contributed by atoms with Crippen molar-refractivity contribution in [2.45, 2.75) is 19.4 Å². The lowest BCUT2D eigenvalue weighted by Crippen LogP contribution is -2.31. The molecule has 2 aromatic rings. The number of rotatable bonds is 6. The fourth-order valence-electron chi connectivity index (χ4n) is 2.55. The van der Waals surface area contributed by atoms with Crippen LogP contribution in [0.5, 0.6) is 0 Å². The zero-order chi connectivity index (χ0) is 13.3. The predicted molar refractivity (Wildman–Crippen MR) is 74.1 cm³/mol. The number of hydrogen-bond acceptors (Lipinski definition) is 4. The molecule has 102 valence electrons. The number of fused-ring (bicyclic) bond motifs is 1. The van der Waals surface area contributed by atoms with Gasteiger partial charge in [-0.1, -0.05) is 6.07 Å². The highest BCUT2D eigenvalue weighted by molar-refractivity contribution is 5.72. The van der Waals surface area contributed by atoms with Crippen LogP contribution < -0.4 is 16.4 Å². The second-order valence-corrected chi connectivity index (χ2v) is 5.48. The van der Waals surface area contributed by atoms with Crippen molar-refractivity contribution in [3.8, 4) is 0 Å². The maximum Gasteiger partial charge on any atom is 0.417 e. The normalized spacial score (nSPS) is 16.9. The highest BCUT2D eigenvalue weighted by Gasteiger charge is 2.41. The summed E-state index contributed by atoms with van der Waals surface area (Å²) in [6.45, 7) is 2.93. The third-order valence-electron chi connectivity index (χ3n) is 3.82. The summed E-state index contributed by atoms with van der Waals surface area (Å²) in [6, 6.07) is 5.79. The van der Waals surface area contributed by atoms with Gasteiger partial charge in [0.1, 0.15) is 0 Å². The first-order chi connectivity index (χ1) is 9.21. The van der Waals surface area contributed by atoms with Crippen LogP contribution in [0.3, 0.4) is 0 Å². The van der Waals surface area contributed by atoms with E-state index in [1.165, 1.54) is 12.8 Å². The van der Waals surface area contributed by atoms with Crippen LogP contribution in [0, 0.1) is 5.41 Å². The van der Waals surface area contributed by atoms with Crippen molar-refractivity contribution in [2.75, 3.05) is 20.1 Å². The quantitative estimate of drug-likeness (QED) is 0.731. The van der Waals surface area contributed by atoms with E-state index in [0.29, 0.717) is 11.0 Å². The highest BCUT2D eigenvalue weighted by Crippen LogP contribution is 2.44. The van der Waals surface area contributed by atoms with Gasteiger partial charge in [0.25, 0.3) is 0 Å². The number of aromatic nitrogens is 1. The first kappa shape index (κ1) is 12.4. The third kappa shape index (κ3) is 2.72. The maximum atomic E-state index is 11.1. The molecule has 1 heterocycles. The summed E-state index contributed by atoms with van der Waals surface area (Å²) in [6.07, 6.45) is 2.60. The van der Waals surface area contributed by atoms with Crippen molar-refractivity contribution < 1.29 is 4.42 Å².